The molecule has 4 aliphatic heterocycles. The third-order valence-corrected chi connectivity index (χ3v) is 16.9. The second kappa shape index (κ2) is 21.2. The second-order valence-corrected chi connectivity index (χ2v) is 23.7. The van der Waals surface area contributed by atoms with Crippen molar-refractivity contribution in [2.24, 2.45) is 5.92 Å². The molecule has 0 aliphatic carbocycles. The number of piperazine rings is 1. The molecule has 1 unspecified atom stereocenters. The Morgan fingerprint density at radius 3 is 2.24 bits per heavy atom. The van der Waals surface area contributed by atoms with Crippen molar-refractivity contribution >= 4 is 85.6 Å². The highest BCUT2D eigenvalue weighted by molar-refractivity contribution is 9.10. The molecule has 5 aromatic rings. The molecule has 0 spiro atoms. The number of amides is 2. The fourth-order valence-electron chi connectivity index (χ4n) is 10.9. The predicted octanol–water partition coefficient (Wildman–Crippen LogP) is 9.09. The molecule has 6 heterocycles. The van der Waals surface area contributed by atoms with Gasteiger partial charge in [0.2, 0.25) is 17.8 Å². The number of carbonyl (C=O) groups is 2. The zero-order valence-corrected chi connectivity index (χ0v) is 43.3. The summed E-state index contributed by atoms with van der Waals surface area (Å²) < 4.78 is 50.8. The molecule has 0 saturated carbocycles. The molecule has 0 bridgehead atoms. The van der Waals surface area contributed by atoms with Crippen molar-refractivity contribution in [3.05, 3.63) is 87.7 Å². The Kier molecular flexibility index (Phi) is 15.1. The number of imide groups is 1. The van der Waals surface area contributed by atoms with Gasteiger partial charge in [-0.3, -0.25) is 24.8 Å². The lowest BCUT2D eigenvalue weighted by Gasteiger charge is -2.44. The van der Waals surface area contributed by atoms with Gasteiger partial charge in [-0.25, -0.2) is 13.8 Å². The average Bonchev–Trinajstić information content (AvgIpc) is 3.34. The second-order valence-electron chi connectivity index (χ2n) is 19.7. The van der Waals surface area contributed by atoms with Gasteiger partial charge in [0.1, 0.15) is 30.3 Å². The maximum absolute atomic E-state index is 15.2. The number of carbonyl (C=O) groups excluding carboxylic acids is 2. The van der Waals surface area contributed by atoms with Crippen LogP contribution in [0.4, 0.5) is 43.3 Å². The SMILES string of the molecule is CCc1cc(Nc2ncc(Br)c(Nc3ccc4ncc(C)cc4c3P(C)(C)=O)n2)c(OC)cc1N1CCC(N2CCN(CCC3CCN(c4cc(F)c(C5CCC(=O)NC5=O)c(F)c4)CC3)CC2)CC1. The molecule has 2 aromatic heterocycles. The first-order valence-electron chi connectivity index (χ1n) is 24.7. The number of nitrogens with one attached hydrogen (secondary N) is 3. The quantitative estimate of drug-likeness (QED) is 0.0719. The van der Waals surface area contributed by atoms with E-state index in [1.807, 2.05) is 36.2 Å². The molecule has 1 atom stereocenters. The number of methoxy groups -OCH3 is 1. The smallest absolute Gasteiger partial charge is 0.234 e. The molecule has 18 heteroatoms. The van der Waals surface area contributed by atoms with Crippen molar-refractivity contribution in [3.8, 4) is 5.75 Å². The number of hydrogen-bond acceptors (Lipinski definition) is 13. The van der Waals surface area contributed by atoms with Gasteiger partial charge in [-0.1, -0.05) is 6.92 Å². The highest BCUT2D eigenvalue weighted by atomic mass is 79.9. The Morgan fingerprint density at radius 1 is 0.857 bits per heavy atom. The maximum Gasteiger partial charge on any atom is 0.234 e. The van der Waals surface area contributed by atoms with E-state index in [4.69, 9.17) is 9.72 Å². The summed E-state index contributed by atoms with van der Waals surface area (Å²) in [4.78, 5) is 47.7. The Morgan fingerprint density at radius 2 is 1.57 bits per heavy atom. The summed E-state index contributed by atoms with van der Waals surface area (Å²) in [7, 11) is -1.05. The van der Waals surface area contributed by atoms with Crippen LogP contribution in [-0.4, -0.2) is 122 Å². The number of fused-ring (bicyclic) bond motifs is 1. The molecule has 4 fully saturated rings. The van der Waals surface area contributed by atoms with Crippen molar-refractivity contribution in [1.29, 1.82) is 0 Å². The third-order valence-electron chi connectivity index (χ3n) is 14.8. The normalized spacial score (nSPS) is 19.2. The summed E-state index contributed by atoms with van der Waals surface area (Å²) in [5, 5.41) is 10.7. The molecule has 372 valence electrons. The highest BCUT2D eigenvalue weighted by Gasteiger charge is 2.34. The Bertz CT molecular complexity index is 2790. The van der Waals surface area contributed by atoms with Gasteiger partial charge in [-0.15, -0.1) is 0 Å². The van der Waals surface area contributed by atoms with E-state index >= 15 is 8.78 Å². The standard InChI is InChI=1S/C52H64BrF2N10O4P/c1-6-34-26-44(59-52-57-31-39(53)50(61-52)58-43-9-8-42-38(25-32(2)30-56-42)49(43)70(4,5)68)46(69-3)29-45(34)65-19-14-35(15-20-65)64-23-21-62(22-24-64)16-11-33-12-17-63(18-13-33)36-27-40(54)48(41(55)28-36)37-7-10-47(66)60-51(37)67/h8-9,25-31,33,35,37H,6-7,10-24H2,1-5H3,(H,60,66,67)(H2,57,58,59,61). The van der Waals surface area contributed by atoms with Crippen LogP contribution < -0.4 is 35.8 Å². The van der Waals surface area contributed by atoms with Gasteiger partial charge >= 0.3 is 0 Å². The minimum absolute atomic E-state index is 0.0710. The maximum atomic E-state index is 15.2. The summed E-state index contributed by atoms with van der Waals surface area (Å²) in [6.07, 6.45) is 9.79. The third kappa shape index (κ3) is 11.0. The van der Waals surface area contributed by atoms with E-state index < -0.39 is 36.5 Å². The molecule has 4 saturated heterocycles. The lowest BCUT2D eigenvalue weighted by molar-refractivity contribution is -0.134. The van der Waals surface area contributed by atoms with Crippen LogP contribution in [0.2, 0.25) is 0 Å². The van der Waals surface area contributed by atoms with Gasteiger partial charge < -0.3 is 34.6 Å². The first kappa shape index (κ1) is 49.7. The van der Waals surface area contributed by atoms with Gasteiger partial charge in [-0.05, 0) is 141 Å². The number of hydrogen-bond donors (Lipinski definition) is 3. The van der Waals surface area contributed by atoms with E-state index in [2.05, 4.69) is 75.6 Å². The summed E-state index contributed by atoms with van der Waals surface area (Å²) >= 11 is 3.63. The summed E-state index contributed by atoms with van der Waals surface area (Å²) in [5.41, 5.74) is 5.94. The predicted molar refractivity (Wildman–Crippen MR) is 279 cm³/mol. The van der Waals surface area contributed by atoms with Gasteiger partial charge in [0.05, 0.1) is 34.4 Å². The van der Waals surface area contributed by atoms with Crippen LogP contribution in [0.25, 0.3) is 10.9 Å². The summed E-state index contributed by atoms with van der Waals surface area (Å²) in [5.74, 6) is -1.30. The van der Waals surface area contributed by atoms with E-state index in [0.29, 0.717) is 45.3 Å². The largest absolute Gasteiger partial charge is 0.494 e. The van der Waals surface area contributed by atoms with Crippen molar-refractivity contribution in [3.63, 3.8) is 0 Å². The molecular weight excluding hydrogens is 978 g/mol. The summed E-state index contributed by atoms with van der Waals surface area (Å²) in [6, 6.07) is 13.4. The average molecular weight is 1040 g/mol. The van der Waals surface area contributed by atoms with Crippen LogP contribution >= 0.6 is 23.1 Å². The fraction of sp³-hybridized carbons (Fsp3) is 0.481. The van der Waals surface area contributed by atoms with Crippen molar-refractivity contribution in [2.45, 2.75) is 77.2 Å². The number of ether oxygens (including phenoxy) is 1. The van der Waals surface area contributed by atoms with Crippen LogP contribution in [-0.2, 0) is 20.6 Å². The first-order valence-corrected chi connectivity index (χ1v) is 28.1. The number of nitrogens with zero attached hydrogens (tertiary/aromatic N) is 7. The number of pyridine rings is 1. The number of aryl methyl sites for hydroxylation is 2. The van der Waals surface area contributed by atoms with Gasteiger partial charge in [0, 0.05) is 111 Å². The topological polar surface area (TPSA) is 148 Å². The van der Waals surface area contributed by atoms with Crippen molar-refractivity contribution in [1.82, 2.24) is 30.1 Å². The molecule has 9 rings (SSSR count). The number of anilines is 6. The van der Waals surface area contributed by atoms with E-state index in [1.54, 1.807) is 26.6 Å². The van der Waals surface area contributed by atoms with Crippen LogP contribution in [0.15, 0.2) is 59.3 Å². The van der Waals surface area contributed by atoms with E-state index in [9.17, 15) is 14.2 Å². The van der Waals surface area contributed by atoms with E-state index in [0.717, 1.165) is 125 Å². The monoisotopic (exact) mass is 1040 g/mol. The first-order chi connectivity index (χ1) is 33.6. The molecule has 4 aliphatic rings. The van der Waals surface area contributed by atoms with Crippen LogP contribution in [0.1, 0.15) is 74.5 Å². The molecule has 14 nitrogen and oxygen atoms in total. The zero-order valence-electron chi connectivity index (χ0n) is 40.8. The molecule has 0 radical (unpaired) electrons. The van der Waals surface area contributed by atoms with Gasteiger partial charge in [0.25, 0.3) is 0 Å². The fourth-order valence-corrected chi connectivity index (χ4v) is 12.7. The number of halogens is 3. The molecular formula is C52H64BrF2N10O4P. The molecule has 3 N–H and O–H groups in total. The van der Waals surface area contributed by atoms with E-state index in [-0.39, 0.29) is 18.4 Å². The van der Waals surface area contributed by atoms with Crippen molar-refractivity contribution < 1.29 is 27.7 Å². The molecule has 2 amide bonds. The Balaban J connectivity index is 0.754. The zero-order chi connectivity index (χ0) is 49.3. The Hall–Kier alpha value is -5.22. The van der Waals surface area contributed by atoms with Crippen molar-refractivity contribution in [2.75, 3.05) is 99.8 Å². The molecule has 70 heavy (non-hydrogen) atoms. The summed E-state index contributed by atoms with van der Waals surface area (Å²) in [6.45, 7) is 16.4. The van der Waals surface area contributed by atoms with Crippen LogP contribution in [0.3, 0.4) is 0 Å². The minimum Gasteiger partial charge on any atom is -0.494 e. The van der Waals surface area contributed by atoms with Gasteiger partial charge in [0.15, 0.2) is 0 Å². The number of rotatable bonds is 14. The number of piperidine rings is 3. The van der Waals surface area contributed by atoms with E-state index in [1.165, 1.54) is 23.4 Å². The number of benzene rings is 3. The van der Waals surface area contributed by atoms with Gasteiger partial charge in [-0.2, -0.15) is 4.98 Å². The Labute approximate surface area is 417 Å². The van der Waals surface area contributed by atoms with Crippen LogP contribution in [0, 0.1) is 24.5 Å². The lowest BCUT2D eigenvalue weighted by atomic mass is 9.89. The highest BCUT2D eigenvalue weighted by Crippen LogP contribution is 2.43. The lowest BCUT2D eigenvalue weighted by Crippen LogP contribution is -2.53. The van der Waals surface area contributed by atoms with Crippen LogP contribution in [0.5, 0.6) is 5.75 Å². The number of aromatic nitrogens is 3. The molecule has 3 aromatic carbocycles. The minimum atomic E-state index is -2.74.